The molecule has 32 heavy (non-hydrogen) atoms. The molecule has 1 aromatic heterocycles. The van der Waals surface area contributed by atoms with E-state index in [9.17, 15) is 13.6 Å². The van der Waals surface area contributed by atoms with Crippen molar-refractivity contribution in [1.82, 2.24) is 5.01 Å². The summed E-state index contributed by atoms with van der Waals surface area (Å²) in [5, 5.41) is 7.87. The first-order chi connectivity index (χ1) is 15.5. The van der Waals surface area contributed by atoms with Crippen molar-refractivity contribution in [3.8, 4) is 17.2 Å². The summed E-state index contributed by atoms with van der Waals surface area (Å²) >= 11 is 1.54. The van der Waals surface area contributed by atoms with E-state index in [1.54, 1.807) is 20.3 Å². The minimum atomic E-state index is -1.04. The van der Waals surface area contributed by atoms with Crippen LogP contribution in [-0.2, 0) is 4.79 Å². The molecule has 1 aliphatic heterocycles. The summed E-state index contributed by atoms with van der Waals surface area (Å²) in [6.45, 7) is -0.379. The fourth-order valence-corrected chi connectivity index (χ4v) is 4.15. The zero-order valence-corrected chi connectivity index (χ0v) is 18.2. The summed E-state index contributed by atoms with van der Waals surface area (Å²) < 4.78 is 42.7. The van der Waals surface area contributed by atoms with Gasteiger partial charge in [-0.25, -0.2) is 13.8 Å². The highest BCUT2D eigenvalue weighted by molar-refractivity contribution is 7.12. The van der Waals surface area contributed by atoms with Gasteiger partial charge in [0.1, 0.15) is 5.75 Å². The summed E-state index contributed by atoms with van der Waals surface area (Å²) in [4.78, 5) is 14.0. The molecule has 2 heterocycles. The first kappa shape index (κ1) is 21.8. The average Bonchev–Trinajstić information content (AvgIpc) is 3.49. The molecular weight excluding hydrogens is 438 g/mol. The number of carbonyl (C=O) groups excluding carboxylic acids is 1. The third-order valence-electron chi connectivity index (χ3n) is 5.02. The fourth-order valence-electron chi connectivity index (χ4n) is 3.43. The second-order valence-electron chi connectivity index (χ2n) is 6.96. The predicted molar refractivity (Wildman–Crippen MR) is 116 cm³/mol. The average molecular weight is 458 g/mol. The van der Waals surface area contributed by atoms with Crippen LogP contribution in [-0.4, -0.2) is 37.5 Å². The van der Waals surface area contributed by atoms with E-state index < -0.39 is 17.5 Å². The van der Waals surface area contributed by atoms with Crippen molar-refractivity contribution in [3.63, 3.8) is 0 Å². The third kappa shape index (κ3) is 4.43. The molecule has 3 aromatic rings. The Morgan fingerprint density at radius 1 is 1.09 bits per heavy atom. The number of hydrogen-bond donors (Lipinski definition) is 0. The topological polar surface area (TPSA) is 60.4 Å². The van der Waals surface area contributed by atoms with Gasteiger partial charge in [0, 0.05) is 12.5 Å². The molecule has 1 atom stereocenters. The number of thiophene rings is 1. The number of benzene rings is 2. The molecule has 0 saturated carbocycles. The molecule has 1 amide bonds. The van der Waals surface area contributed by atoms with Crippen molar-refractivity contribution in [2.75, 3.05) is 20.8 Å². The summed E-state index contributed by atoms with van der Waals surface area (Å²) in [5.41, 5.74) is 1.60. The summed E-state index contributed by atoms with van der Waals surface area (Å²) in [5.74, 6) is -1.27. The van der Waals surface area contributed by atoms with Crippen molar-refractivity contribution in [2.45, 2.75) is 12.5 Å². The van der Waals surface area contributed by atoms with Crippen molar-refractivity contribution in [3.05, 3.63) is 76.0 Å². The van der Waals surface area contributed by atoms with E-state index in [-0.39, 0.29) is 18.4 Å². The van der Waals surface area contributed by atoms with Crippen molar-refractivity contribution in [1.29, 1.82) is 0 Å². The monoisotopic (exact) mass is 458 g/mol. The Morgan fingerprint density at radius 3 is 2.59 bits per heavy atom. The lowest BCUT2D eigenvalue weighted by Crippen LogP contribution is -2.31. The van der Waals surface area contributed by atoms with Gasteiger partial charge in [0.2, 0.25) is 0 Å². The number of amides is 1. The molecule has 0 aliphatic carbocycles. The molecule has 1 unspecified atom stereocenters. The third-order valence-corrected chi connectivity index (χ3v) is 5.94. The number of hydrogen-bond acceptors (Lipinski definition) is 6. The highest BCUT2D eigenvalue weighted by Gasteiger charge is 2.34. The van der Waals surface area contributed by atoms with E-state index in [4.69, 9.17) is 14.2 Å². The molecule has 2 aromatic carbocycles. The number of carbonyl (C=O) groups is 1. The Morgan fingerprint density at radius 2 is 1.91 bits per heavy atom. The van der Waals surface area contributed by atoms with Crippen LogP contribution in [0.4, 0.5) is 8.78 Å². The maximum absolute atomic E-state index is 13.4. The number of methoxy groups -OCH3 is 2. The normalized spacial score (nSPS) is 15.4. The number of nitrogens with zero attached hydrogens (tertiary/aromatic N) is 2. The first-order valence-electron chi connectivity index (χ1n) is 9.73. The summed E-state index contributed by atoms with van der Waals surface area (Å²) in [7, 11) is 3.10. The van der Waals surface area contributed by atoms with Crippen LogP contribution < -0.4 is 14.2 Å². The second kappa shape index (κ2) is 9.35. The molecule has 0 fully saturated rings. The van der Waals surface area contributed by atoms with Crippen LogP contribution in [0.25, 0.3) is 0 Å². The van der Waals surface area contributed by atoms with Crippen molar-refractivity contribution in [2.24, 2.45) is 5.10 Å². The molecule has 1 aliphatic rings. The lowest BCUT2D eigenvalue weighted by Gasteiger charge is -2.23. The van der Waals surface area contributed by atoms with E-state index in [1.165, 1.54) is 22.4 Å². The van der Waals surface area contributed by atoms with Crippen LogP contribution in [0.1, 0.15) is 22.9 Å². The lowest BCUT2D eigenvalue weighted by molar-refractivity contribution is -0.135. The number of hydrazone groups is 1. The second-order valence-corrected chi connectivity index (χ2v) is 7.91. The van der Waals surface area contributed by atoms with Gasteiger partial charge >= 0.3 is 0 Å². The summed E-state index contributed by atoms with van der Waals surface area (Å²) in [6.07, 6.45) is 0.507. The van der Waals surface area contributed by atoms with Crippen LogP contribution in [0.5, 0.6) is 17.2 Å². The minimum absolute atomic E-state index is 0.0570. The van der Waals surface area contributed by atoms with Gasteiger partial charge in [-0.3, -0.25) is 4.79 Å². The number of halogens is 2. The van der Waals surface area contributed by atoms with Crippen LogP contribution in [0.15, 0.2) is 59.0 Å². The summed E-state index contributed by atoms with van der Waals surface area (Å²) in [6, 6.07) is 12.0. The number of rotatable bonds is 7. The molecule has 0 bridgehead atoms. The molecule has 0 spiro atoms. The van der Waals surface area contributed by atoms with Crippen LogP contribution in [0.2, 0.25) is 0 Å². The highest BCUT2D eigenvalue weighted by atomic mass is 32.1. The highest BCUT2D eigenvalue weighted by Crippen LogP contribution is 2.38. The van der Waals surface area contributed by atoms with E-state index in [0.29, 0.717) is 17.9 Å². The number of ether oxygens (including phenoxy) is 3. The SMILES string of the molecule is COc1ccc(C2CC(c3cccs3)=NN2C(=O)COc2ccc(F)c(F)c2)cc1OC. The van der Waals surface area contributed by atoms with E-state index in [2.05, 4.69) is 5.10 Å². The minimum Gasteiger partial charge on any atom is -0.493 e. The Labute approximate surface area is 187 Å². The molecule has 0 radical (unpaired) electrons. The van der Waals surface area contributed by atoms with Gasteiger partial charge < -0.3 is 14.2 Å². The molecule has 166 valence electrons. The van der Waals surface area contributed by atoms with E-state index >= 15 is 0 Å². The first-order valence-corrected chi connectivity index (χ1v) is 10.6. The van der Waals surface area contributed by atoms with Crippen LogP contribution in [0.3, 0.4) is 0 Å². The van der Waals surface area contributed by atoms with Gasteiger partial charge in [-0.1, -0.05) is 12.1 Å². The Hall–Kier alpha value is -3.46. The lowest BCUT2D eigenvalue weighted by atomic mass is 10.0. The molecular formula is C23H20F2N2O4S. The quantitative estimate of drug-likeness (QED) is 0.510. The molecule has 0 N–H and O–H groups in total. The zero-order chi connectivity index (χ0) is 22.7. The fraction of sp³-hybridized carbons (Fsp3) is 0.217. The van der Waals surface area contributed by atoms with E-state index in [1.807, 2.05) is 29.6 Å². The molecule has 0 saturated heterocycles. The Kier molecular flexibility index (Phi) is 6.36. The molecule has 6 nitrogen and oxygen atoms in total. The smallest absolute Gasteiger partial charge is 0.281 e. The molecule has 9 heteroatoms. The van der Waals surface area contributed by atoms with Gasteiger partial charge in [0.05, 0.1) is 30.9 Å². The van der Waals surface area contributed by atoms with Gasteiger partial charge in [0.15, 0.2) is 29.7 Å². The largest absolute Gasteiger partial charge is 0.493 e. The maximum atomic E-state index is 13.4. The Balaban J connectivity index is 1.59. The van der Waals surface area contributed by atoms with Gasteiger partial charge in [0.25, 0.3) is 5.91 Å². The van der Waals surface area contributed by atoms with Crippen LogP contribution >= 0.6 is 11.3 Å². The van der Waals surface area contributed by atoms with Crippen LogP contribution in [0, 0.1) is 11.6 Å². The zero-order valence-electron chi connectivity index (χ0n) is 17.4. The molecule has 4 rings (SSSR count). The van der Waals surface area contributed by atoms with Crippen molar-refractivity contribution < 1.29 is 27.8 Å². The standard InChI is InChI=1S/C23H20F2N2O4S/c1-29-20-8-5-14(10-21(20)30-2)19-12-18(22-4-3-9-32-22)26-27(19)23(28)13-31-15-6-7-16(24)17(25)11-15/h3-11,19H,12-13H2,1-2H3. The maximum Gasteiger partial charge on any atom is 0.281 e. The van der Waals surface area contributed by atoms with Gasteiger partial charge in [-0.05, 0) is 41.3 Å². The van der Waals surface area contributed by atoms with E-state index in [0.717, 1.165) is 28.3 Å². The van der Waals surface area contributed by atoms with Gasteiger partial charge in [-0.2, -0.15) is 5.10 Å². The van der Waals surface area contributed by atoms with Crippen molar-refractivity contribution >= 4 is 23.0 Å². The van der Waals surface area contributed by atoms with Gasteiger partial charge in [-0.15, -0.1) is 11.3 Å². The Bertz CT molecular complexity index is 1150. The predicted octanol–water partition coefficient (Wildman–Crippen LogP) is 4.80.